The number of aliphatic hydroxyl groups excluding tert-OH is 1. The molecule has 14 heavy (non-hydrogen) atoms. The molecule has 0 saturated heterocycles. The van der Waals surface area contributed by atoms with E-state index in [1.807, 2.05) is 30.5 Å². The molecular weight excluding hydrogens is 181 g/mol. The lowest BCUT2D eigenvalue weighted by molar-refractivity contribution is 0.140. The van der Waals surface area contributed by atoms with Gasteiger partial charge in [0.2, 0.25) is 0 Å². The summed E-state index contributed by atoms with van der Waals surface area (Å²) in [5.74, 6) is 0. The lowest BCUT2D eigenvalue weighted by Crippen LogP contribution is -2.11. The van der Waals surface area contributed by atoms with Crippen LogP contribution in [0.5, 0.6) is 0 Å². The number of hydrogen-bond acceptors (Lipinski definition) is 1. The number of para-hydroxylation sites is 1. The van der Waals surface area contributed by atoms with Crippen LogP contribution in [0.2, 0.25) is 0 Å². The zero-order chi connectivity index (χ0) is 9.97. The summed E-state index contributed by atoms with van der Waals surface area (Å²) in [4.78, 5) is 3.08. The van der Waals surface area contributed by atoms with Crippen molar-refractivity contribution in [2.45, 2.75) is 12.5 Å². The Labute approximate surface area is 81.4 Å². The van der Waals surface area contributed by atoms with Gasteiger partial charge >= 0.3 is 0 Å². The summed E-state index contributed by atoms with van der Waals surface area (Å²) in [6, 6.07) is 7.79. The minimum Gasteiger partial charge on any atom is -0.390 e. The molecular formula is C11H12FNO. The molecule has 0 aliphatic heterocycles. The van der Waals surface area contributed by atoms with E-state index in [1.54, 1.807) is 0 Å². The number of fused-ring (bicyclic) bond motifs is 1. The smallest absolute Gasteiger partial charge is 0.116 e. The van der Waals surface area contributed by atoms with Gasteiger partial charge in [0.05, 0.1) is 6.10 Å². The molecule has 0 spiro atoms. The molecule has 0 bridgehead atoms. The fraction of sp³-hybridized carbons (Fsp3) is 0.273. The highest BCUT2D eigenvalue weighted by Crippen LogP contribution is 2.18. The van der Waals surface area contributed by atoms with Crippen molar-refractivity contribution in [1.82, 2.24) is 4.98 Å². The summed E-state index contributed by atoms with van der Waals surface area (Å²) >= 11 is 0. The molecule has 0 aliphatic carbocycles. The van der Waals surface area contributed by atoms with E-state index in [1.165, 1.54) is 0 Å². The van der Waals surface area contributed by atoms with E-state index in [9.17, 15) is 9.50 Å². The zero-order valence-electron chi connectivity index (χ0n) is 7.70. The second-order valence-corrected chi connectivity index (χ2v) is 3.37. The predicted octanol–water partition coefficient (Wildman–Crippen LogP) is 2.04. The van der Waals surface area contributed by atoms with Crippen molar-refractivity contribution in [1.29, 1.82) is 0 Å². The highest BCUT2D eigenvalue weighted by molar-refractivity contribution is 5.83. The van der Waals surface area contributed by atoms with Crippen LogP contribution in [0.25, 0.3) is 10.9 Å². The van der Waals surface area contributed by atoms with Gasteiger partial charge in [-0.2, -0.15) is 0 Å². The monoisotopic (exact) mass is 193 g/mol. The fourth-order valence-corrected chi connectivity index (χ4v) is 1.61. The van der Waals surface area contributed by atoms with Crippen LogP contribution in [-0.4, -0.2) is 22.9 Å². The average molecular weight is 193 g/mol. The second-order valence-electron chi connectivity index (χ2n) is 3.37. The van der Waals surface area contributed by atoms with Gasteiger partial charge in [-0.3, -0.25) is 0 Å². The number of H-pyrrole nitrogens is 1. The summed E-state index contributed by atoms with van der Waals surface area (Å²) in [6.45, 7) is -0.695. The van der Waals surface area contributed by atoms with Gasteiger partial charge in [-0.05, 0) is 11.6 Å². The number of hydrogen-bond donors (Lipinski definition) is 2. The Kier molecular flexibility index (Phi) is 2.50. The molecule has 1 atom stereocenters. The first-order valence-corrected chi connectivity index (χ1v) is 4.60. The first-order chi connectivity index (χ1) is 6.81. The van der Waals surface area contributed by atoms with Crippen molar-refractivity contribution < 1.29 is 9.50 Å². The molecule has 0 saturated carbocycles. The van der Waals surface area contributed by atoms with Crippen molar-refractivity contribution in [2.24, 2.45) is 0 Å². The van der Waals surface area contributed by atoms with Crippen molar-refractivity contribution in [2.75, 3.05) is 6.67 Å². The van der Waals surface area contributed by atoms with Gasteiger partial charge in [-0.1, -0.05) is 18.2 Å². The normalized spacial score (nSPS) is 13.3. The fourth-order valence-electron chi connectivity index (χ4n) is 1.61. The Morgan fingerprint density at radius 3 is 2.93 bits per heavy atom. The third-order valence-electron chi connectivity index (χ3n) is 2.31. The molecule has 2 nitrogen and oxygen atoms in total. The topological polar surface area (TPSA) is 36.0 Å². The van der Waals surface area contributed by atoms with Crippen molar-refractivity contribution in [3.63, 3.8) is 0 Å². The van der Waals surface area contributed by atoms with Gasteiger partial charge in [0.1, 0.15) is 6.67 Å². The molecule has 74 valence electrons. The quantitative estimate of drug-likeness (QED) is 0.768. The molecule has 0 fully saturated rings. The van der Waals surface area contributed by atoms with Crippen molar-refractivity contribution >= 4 is 10.9 Å². The van der Waals surface area contributed by atoms with Crippen LogP contribution in [0.1, 0.15) is 5.56 Å². The third-order valence-corrected chi connectivity index (χ3v) is 2.31. The summed E-state index contributed by atoms with van der Waals surface area (Å²) in [6.07, 6.45) is 1.29. The Bertz CT molecular complexity index is 424. The van der Waals surface area contributed by atoms with Gasteiger partial charge in [0, 0.05) is 23.5 Å². The van der Waals surface area contributed by atoms with E-state index < -0.39 is 12.8 Å². The lowest BCUT2D eigenvalue weighted by atomic mass is 10.1. The number of halogens is 1. The molecule has 1 heterocycles. The van der Waals surface area contributed by atoms with E-state index in [0.717, 1.165) is 16.5 Å². The van der Waals surface area contributed by atoms with E-state index in [0.29, 0.717) is 6.42 Å². The first-order valence-electron chi connectivity index (χ1n) is 4.60. The van der Waals surface area contributed by atoms with E-state index in [4.69, 9.17) is 0 Å². The van der Waals surface area contributed by atoms with E-state index in [-0.39, 0.29) is 0 Å². The summed E-state index contributed by atoms with van der Waals surface area (Å²) in [5.41, 5.74) is 1.99. The zero-order valence-corrected chi connectivity index (χ0v) is 7.70. The van der Waals surface area contributed by atoms with Crippen LogP contribution in [0.4, 0.5) is 4.39 Å². The summed E-state index contributed by atoms with van der Waals surface area (Å²) < 4.78 is 12.1. The molecule has 1 unspecified atom stereocenters. The minimum absolute atomic E-state index is 0.362. The average Bonchev–Trinajstić information content (AvgIpc) is 2.62. The van der Waals surface area contributed by atoms with Gasteiger partial charge in [-0.25, -0.2) is 4.39 Å². The van der Waals surface area contributed by atoms with E-state index >= 15 is 0 Å². The number of benzene rings is 1. The van der Waals surface area contributed by atoms with Crippen LogP contribution < -0.4 is 0 Å². The van der Waals surface area contributed by atoms with Gasteiger partial charge in [-0.15, -0.1) is 0 Å². The van der Waals surface area contributed by atoms with Crippen LogP contribution in [0.15, 0.2) is 30.5 Å². The Morgan fingerprint density at radius 1 is 1.36 bits per heavy atom. The number of rotatable bonds is 3. The Hall–Kier alpha value is -1.35. The van der Waals surface area contributed by atoms with Gasteiger partial charge < -0.3 is 10.1 Å². The summed E-state index contributed by atoms with van der Waals surface area (Å²) in [7, 11) is 0. The Balaban J connectivity index is 2.33. The van der Waals surface area contributed by atoms with Gasteiger partial charge in [0.25, 0.3) is 0 Å². The largest absolute Gasteiger partial charge is 0.390 e. The summed E-state index contributed by atoms with van der Waals surface area (Å²) in [5, 5.41) is 10.3. The highest BCUT2D eigenvalue weighted by Gasteiger charge is 2.08. The Morgan fingerprint density at radius 2 is 2.14 bits per heavy atom. The predicted molar refractivity (Wildman–Crippen MR) is 54.0 cm³/mol. The van der Waals surface area contributed by atoms with Crippen LogP contribution >= 0.6 is 0 Å². The molecule has 2 N–H and O–H groups in total. The second kappa shape index (κ2) is 3.80. The maximum atomic E-state index is 12.1. The number of aliphatic hydroxyl groups is 1. The molecule has 0 aliphatic rings. The molecule has 2 rings (SSSR count). The number of alkyl halides is 1. The van der Waals surface area contributed by atoms with Crippen LogP contribution in [0, 0.1) is 0 Å². The van der Waals surface area contributed by atoms with Crippen LogP contribution in [0.3, 0.4) is 0 Å². The lowest BCUT2D eigenvalue weighted by Gasteiger charge is -2.03. The maximum absolute atomic E-state index is 12.1. The molecule has 2 aromatic rings. The molecule has 0 amide bonds. The van der Waals surface area contributed by atoms with Crippen LogP contribution in [-0.2, 0) is 6.42 Å². The first kappa shape index (κ1) is 9.21. The molecule has 0 radical (unpaired) electrons. The number of aromatic amines is 1. The van der Waals surface area contributed by atoms with E-state index in [2.05, 4.69) is 4.98 Å². The minimum atomic E-state index is -0.894. The van der Waals surface area contributed by atoms with Gasteiger partial charge in [0.15, 0.2) is 0 Å². The van der Waals surface area contributed by atoms with Crippen molar-refractivity contribution in [3.8, 4) is 0 Å². The molecule has 1 aromatic heterocycles. The molecule has 1 aromatic carbocycles. The SMILES string of the molecule is OC(CF)Cc1c[nH]c2ccccc12. The highest BCUT2D eigenvalue weighted by atomic mass is 19.1. The third kappa shape index (κ3) is 1.63. The standard InChI is InChI=1S/C11H12FNO/c12-6-9(14)5-8-7-13-11-4-2-1-3-10(8)11/h1-4,7,9,13-14H,5-6H2. The molecule has 3 heteroatoms. The van der Waals surface area contributed by atoms with Crippen molar-refractivity contribution in [3.05, 3.63) is 36.0 Å². The maximum Gasteiger partial charge on any atom is 0.116 e. The number of nitrogens with one attached hydrogen (secondary N) is 1. The number of aromatic nitrogens is 1.